The van der Waals surface area contributed by atoms with Crippen LogP contribution in [0, 0.1) is 0 Å². The highest BCUT2D eigenvalue weighted by atomic mass is 32.1. The molecule has 0 unspecified atom stereocenters. The molecule has 0 saturated carbocycles. The minimum absolute atomic E-state index is 0.0293. The van der Waals surface area contributed by atoms with E-state index in [4.69, 9.17) is 0 Å². The second kappa shape index (κ2) is 4.31. The molecule has 0 amide bonds. The SMILES string of the molecule is C/C=c1\[nH]c(=O)/c(=C/c2c[nH]c3ccccc23)s1. The minimum Gasteiger partial charge on any atom is -0.361 e. The van der Waals surface area contributed by atoms with Gasteiger partial charge in [-0.25, -0.2) is 0 Å². The van der Waals surface area contributed by atoms with Gasteiger partial charge in [-0.15, -0.1) is 11.3 Å². The first-order valence-corrected chi connectivity index (χ1v) is 6.53. The summed E-state index contributed by atoms with van der Waals surface area (Å²) >= 11 is 1.47. The van der Waals surface area contributed by atoms with Crippen LogP contribution in [0.25, 0.3) is 23.1 Å². The average molecular weight is 256 g/mol. The molecule has 2 aromatic heterocycles. The fourth-order valence-corrected chi connectivity index (χ4v) is 2.77. The molecule has 0 radical (unpaired) electrons. The van der Waals surface area contributed by atoms with Gasteiger partial charge in [-0.3, -0.25) is 4.79 Å². The van der Waals surface area contributed by atoms with Crippen LogP contribution in [0.2, 0.25) is 0 Å². The number of aromatic amines is 2. The Bertz CT molecular complexity index is 867. The van der Waals surface area contributed by atoms with Gasteiger partial charge < -0.3 is 9.97 Å². The van der Waals surface area contributed by atoms with Gasteiger partial charge >= 0.3 is 0 Å². The Balaban J connectivity index is 2.27. The zero-order valence-corrected chi connectivity index (χ0v) is 10.7. The van der Waals surface area contributed by atoms with Gasteiger partial charge in [0.25, 0.3) is 5.56 Å². The highest BCUT2D eigenvalue weighted by molar-refractivity contribution is 7.07. The number of para-hydroxylation sites is 1. The maximum absolute atomic E-state index is 11.8. The van der Waals surface area contributed by atoms with Crippen LogP contribution in [0.15, 0.2) is 35.3 Å². The van der Waals surface area contributed by atoms with E-state index in [2.05, 4.69) is 9.97 Å². The van der Waals surface area contributed by atoms with E-state index in [-0.39, 0.29) is 5.56 Å². The summed E-state index contributed by atoms with van der Waals surface area (Å²) in [6.07, 6.45) is 5.76. The molecular formula is C14H12N2OS. The van der Waals surface area contributed by atoms with E-state index >= 15 is 0 Å². The smallest absolute Gasteiger partial charge is 0.266 e. The molecule has 3 aromatic rings. The van der Waals surface area contributed by atoms with Crippen LogP contribution >= 0.6 is 11.3 Å². The van der Waals surface area contributed by atoms with Gasteiger partial charge in [0.1, 0.15) is 0 Å². The lowest BCUT2D eigenvalue weighted by Gasteiger charge is -1.89. The molecule has 0 bridgehead atoms. The molecule has 0 saturated heterocycles. The second-order valence-corrected chi connectivity index (χ2v) is 5.09. The van der Waals surface area contributed by atoms with Gasteiger partial charge in [0, 0.05) is 22.7 Å². The Kier molecular flexibility index (Phi) is 2.64. The van der Waals surface area contributed by atoms with Crippen LogP contribution in [0.4, 0.5) is 0 Å². The van der Waals surface area contributed by atoms with Crippen LogP contribution in [-0.4, -0.2) is 9.97 Å². The standard InChI is InChI=1S/C14H12N2OS/c1-2-13-16-14(17)12(18-13)7-9-8-15-11-6-4-3-5-10(9)11/h2-8,15H,1H3,(H,16,17)/b12-7-,13-2+. The highest BCUT2D eigenvalue weighted by Crippen LogP contribution is 2.17. The average Bonchev–Trinajstić information content (AvgIpc) is 2.95. The van der Waals surface area contributed by atoms with E-state index in [0.29, 0.717) is 0 Å². The molecule has 4 heteroatoms. The Morgan fingerprint density at radius 3 is 2.89 bits per heavy atom. The minimum atomic E-state index is -0.0293. The number of rotatable bonds is 1. The van der Waals surface area contributed by atoms with Crippen molar-refractivity contribution in [1.29, 1.82) is 0 Å². The van der Waals surface area contributed by atoms with Crippen molar-refractivity contribution in [3.63, 3.8) is 0 Å². The monoisotopic (exact) mass is 256 g/mol. The first kappa shape index (κ1) is 11.0. The summed E-state index contributed by atoms with van der Waals surface area (Å²) in [5.74, 6) is 0. The number of nitrogens with one attached hydrogen (secondary N) is 2. The normalized spacial score (nSPS) is 13.6. The molecule has 0 aliphatic carbocycles. The van der Waals surface area contributed by atoms with E-state index in [1.807, 2.05) is 49.5 Å². The van der Waals surface area contributed by atoms with Crippen molar-refractivity contribution < 1.29 is 0 Å². The zero-order chi connectivity index (χ0) is 12.5. The van der Waals surface area contributed by atoms with E-state index in [1.165, 1.54) is 11.3 Å². The van der Waals surface area contributed by atoms with Crippen molar-refractivity contribution >= 4 is 34.4 Å². The van der Waals surface area contributed by atoms with Crippen LogP contribution in [0.1, 0.15) is 12.5 Å². The van der Waals surface area contributed by atoms with Gasteiger partial charge in [0.15, 0.2) is 0 Å². The number of fused-ring (bicyclic) bond motifs is 1. The summed E-state index contributed by atoms with van der Waals surface area (Å²) in [4.78, 5) is 17.8. The molecule has 3 rings (SSSR count). The lowest BCUT2D eigenvalue weighted by Crippen LogP contribution is -2.19. The fraction of sp³-hybridized carbons (Fsp3) is 0.0714. The summed E-state index contributed by atoms with van der Waals surface area (Å²) in [6, 6.07) is 8.06. The number of hydrogen-bond acceptors (Lipinski definition) is 2. The van der Waals surface area contributed by atoms with E-state index < -0.39 is 0 Å². The van der Waals surface area contributed by atoms with Crippen LogP contribution < -0.4 is 14.8 Å². The molecule has 90 valence electrons. The molecule has 0 spiro atoms. The molecule has 2 heterocycles. The molecule has 0 fully saturated rings. The number of aromatic nitrogens is 2. The third-order valence-corrected chi connectivity index (χ3v) is 3.93. The summed E-state index contributed by atoms with van der Waals surface area (Å²) in [5.41, 5.74) is 2.10. The summed E-state index contributed by atoms with van der Waals surface area (Å²) in [6.45, 7) is 1.91. The summed E-state index contributed by atoms with van der Waals surface area (Å²) in [5, 5.41) is 1.13. The third kappa shape index (κ3) is 1.80. The number of thiazole rings is 1. The van der Waals surface area contributed by atoms with Gasteiger partial charge in [0.05, 0.1) is 9.20 Å². The predicted molar refractivity (Wildman–Crippen MR) is 76.2 cm³/mol. The second-order valence-electron chi connectivity index (χ2n) is 4.01. The molecule has 2 N–H and O–H groups in total. The van der Waals surface area contributed by atoms with Crippen molar-refractivity contribution in [3.8, 4) is 0 Å². The first-order chi connectivity index (χ1) is 8.78. The lowest BCUT2D eigenvalue weighted by atomic mass is 10.2. The van der Waals surface area contributed by atoms with Crippen molar-refractivity contribution in [3.05, 3.63) is 55.6 Å². The predicted octanol–water partition coefficient (Wildman–Crippen LogP) is 1.55. The van der Waals surface area contributed by atoms with Crippen LogP contribution in [0.3, 0.4) is 0 Å². The quantitative estimate of drug-likeness (QED) is 0.682. The van der Waals surface area contributed by atoms with Crippen molar-refractivity contribution in [2.24, 2.45) is 0 Å². The fourth-order valence-electron chi connectivity index (χ4n) is 1.94. The first-order valence-electron chi connectivity index (χ1n) is 5.71. The maximum atomic E-state index is 11.8. The largest absolute Gasteiger partial charge is 0.361 e. The maximum Gasteiger partial charge on any atom is 0.266 e. The van der Waals surface area contributed by atoms with Crippen molar-refractivity contribution in [1.82, 2.24) is 9.97 Å². The molecule has 0 atom stereocenters. The number of hydrogen-bond donors (Lipinski definition) is 2. The highest BCUT2D eigenvalue weighted by Gasteiger charge is 2.01. The number of benzene rings is 1. The Hall–Kier alpha value is -2.07. The summed E-state index contributed by atoms with van der Waals surface area (Å²) in [7, 11) is 0. The molecule has 1 aromatic carbocycles. The van der Waals surface area contributed by atoms with Crippen molar-refractivity contribution in [2.45, 2.75) is 6.92 Å². The van der Waals surface area contributed by atoms with E-state index in [9.17, 15) is 4.79 Å². The van der Waals surface area contributed by atoms with E-state index in [1.54, 1.807) is 0 Å². The van der Waals surface area contributed by atoms with Gasteiger partial charge in [0.2, 0.25) is 0 Å². The molecule has 18 heavy (non-hydrogen) atoms. The van der Waals surface area contributed by atoms with Gasteiger partial charge in [-0.2, -0.15) is 0 Å². The topological polar surface area (TPSA) is 48.6 Å². The zero-order valence-electron chi connectivity index (χ0n) is 9.86. The summed E-state index contributed by atoms with van der Waals surface area (Å²) < 4.78 is 1.62. The van der Waals surface area contributed by atoms with Gasteiger partial charge in [-0.1, -0.05) is 24.3 Å². The van der Waals surface area contributed by atoms with Crippen LogP contribution in [0.5, 0.6) is 0 Å². The Morgan fingerprint density at radius 2 is 2.11 bits per heavy atom. The molecular weight excluding hydrogens is 244 g/mol. The molecule has 0 aliphatic rings. The molecule has 3 nitrogen and oxygen atoms in total. The Labute approximate surface area is 107 Å². The third-order valence-electron chi connectivity index (χ3n) is 2.85. The molecule has 0 aliphatic heterocycles. The number of H-pyrrole nitrogens is 2. The van der Waals surface area contributed by atoms with E-state index in [0.717, 1.165) is 25.7 Å². The lowest BCUT2D eigenvalue weighted by molar-refractivity contribution is 1.25. The Morgan fingerprint density at radius 1 is 1.28 bits per heavy atom. The van der Waals surface area contributed by atoms with Gasteiger partial charge in [-0.05, 0) is 19.1 Å². The van der Waals surface area contributed by atoms with Crippen LogP contribution in [-0.2, 0) is 0 Å². The van der Waals surface area contributed by atoms with Crippen molar-refractivity contribution in [2.75, 3.05) is 0 Å².